The van der Waals surface area contributed by atoms with Crippen molar-refractivity contribution in [3.05, 3.63) is 56.5 Å². The van der Waals surface area contributed by atoms with Crippen LogP contribution < -0.4 is 16.6 Å². The lowest BCUT2D eigenvalue weighted by Gasteiger charge is -2.19. The minimum atomic E-state index is -0.476. The highest BCUT2D eigenvalue weighted by atomic mass is 32.2. The molecule has 0 aliphatic heterocycles. The van der Waals surface area contributed by atoms with Crippen molar-refractivity contribution in [2.45, 2.75) is 51.0 Å². The Labute approximate surface area is 191 Å². The highest BCUT2D eigenvalue weighted by Crippen LogP contribution is 2.27. The Bertz CT molecular complexity index is 1300. The van der Waals surface area contributed by atoms with E-state index in [0.717, 1.165) is 27.6 Å². The number of fused-ring (bicyclic) bond motifs is 1. The summed E-state index contributed by atoms with van der Waals surface area (Å²) >= 11 is 1.16. The van der Waals surface area contributed by atoms with Gasteiger partial charge in [-0.15, -0.1) is 0 Å². The molecule has 0 saturated carbocycles. The fourth-order valence-electron chi connectivity index (χ4n) is 3.18. The van der Waals surface area contributed by atoms with Crippen LogP contribution in [0.2, 0.25) is 0 Å². The highest BCUT2D eigenvalue weighted by Gasteiger charge is 2.24. The van der Waals surface area contributed by atoms with E-state index in [2.05, 4.69) is 29.1 Å². The van der Waals surface area contributed by atoms with Gasteiger partial charge in [0.2, 0.25) is 5.91 Å². The summed E-state index contributed by atoms with van der Waals surface area (Å²) in [5, 5.41) is 3.53. The summed E-state index contributed by atoms with van der Waals surface area (Å²) in [6, 6.07) is 7.74. The van der Waals surface area contributed by atoms with Crippen LogP contribution in [0.4, 0.5) is 5.69 Å². The van der Waals surface area contributed by atoms with Gasteiger partial charge in [-0.25, -0.2) is 14.8 Å². The molecule has 0 atom stereocenters. The number of carbonyl (C=O) groups excluding carboxylic acids is 1. The number of rotatable bonds is 5. The van der Waals surface area contributed by atoms with Crippen molar-refractivity contribution in [2.75, 3.05) is 11.1 Å². The van der Waals surface area contributed by atoms with Crippen molar-refractivity contribution in [3.63, 3.8) is 0 Å². The number of hydrogen-bond donors (Lipinski definition) is 1. The summed E-state index contributed by atoms with van der Waals surface area (Å²) < 4.78 is 2.37. The predicted molar refractivity (Wildman–Crippen MR) is 129 cm³/mol. The summed E-state index contributed by atoms with van der Waals surface area (Å²) in [4.78, 5) is 47.1. The molecule has 0 radical (unpaired) electrons. The summed E-state index contributed by atoms with van der Waals surface area (Å²) in [5.41, 5.74) is 0.793. The molecule has 0 aliphatic rings. The number of nitrogens with one attached hydrogen (secondary N) is 1. The quantitative estimate of drug-likeness (QED) is 0.469. The van der Waals surface area contributed by atoms with Crippen molar-refractivity contribution in [2.24, 2.45) is 14.1 Å². The van der Waals surface area contributed by atoms with Crippen LogP contribution in [0, 0.1) is 0 Å². The lowest BCUT2D eigenvalue weighted by molar-refractivity contribution is -0.113. The maximum atomic E-state index is 12.9. The molecular formula is C23H29N5O3S. The molecule has 3 rings (SSSR count). The van der Waals surface area contributed by atoms with Crippen molar-refractivity contribution < 1.29 is 4.79 Å². The van der Waals surface area contributed by atoms with Gasteiger partial charge in [-0.1, -0.05) is 58.5 Å². The van der Waals surface area contributed by atoms with Gasteiger partial charge >= 0.3 is 5.69 Å². The first-order valence-electron chi connectivity index (χ1n) is 10.4. The first kappa shape index (κ1) is 23.7. The molecule has 32 heavy (non-hydrogen) atoms. The van der Waals surface area contributed by atoms with Crippen LogP contribution in [0.15, 0.2) is 38.9 Å². The maximum Gasteiger partial charge on any atom is 0.332 e. The number of amides is 1. The molecule has 0 aliphatic carbocycles. The molecule has 0 bridgehead atoms. The Balaban J connectivity index is 1.97. The van der Waals surface area contributed by atoms with Crippen LogP contribution >= 0.6 is 11.8 Å². The number of aryl methyl sites for hydroxylation is 1. The summed E-state index contributed by atoms with van der Waals surface area (Å²) in [6.07, 6.45) is 0. The zero-order valence-corrected chi connectivity index (χ0v) is 20.3. The lowest BCUT2D eigenvalue weighted by atomic mass is 9.96. The molecule has 3 aromatic rings. The number of anilines is 1. The molecule has 9 heteroatoms. The summed E-state index contributed by atoms with van der Waals surface area (Å²) in [5.74, 6) is 0.711. The van der Waals surface area contributed by atoms with E-state index in [1.54, 1.807) is 7.05 Å². The first-order chi connectivity index (χ1) is 14.9. The SMILES string of the molecule is CC(C)c1cccc(NC(=O)CSc2nc(C(C)(C)C)nc3c2c(=O)n(C)c(=O)n3C)c1. The van der Waals surface area contributed by atoms with E-state index in [0.29, 0.717) is 16.8 Å². The average molecular weight is 456 g/mol. The second-order valence-electron chi connectivity index (χ2n) is 9.12. The predicted octanol–water partition coefficient (Wildman–Crippen LogP) is 3.18. The topological polar surface area (TPSA) is 98.9 Å². The number of aromatic nitrogens is 4. The standard InChI is InChI=1S/C23H29N5O3S/c1-13(2)14-9-8-10-15(11-14)24-16(29)12-32-19-17-18(25-21(26-19)23(3,4)5)27(6)22(31)28(7)20(17)30/h8-11,13H,12H2,1-7H3,(H,24,29). The molecule has 1 aromatic carbocycles. The van der Waals surface area contributed by atoms with E-state index in [4.69, 9.17) is 0 Å². The largest absolute Gasteiger partial charge is 0.332 e. The highest BCUT2D eigenvalue weighted by molar-refractivity contribution is 8.00. The monoisotopic (exact) mass is 455 g/mol. The number of hydrogen-bond acceptors (Lipinski definition) is 6. The molecule has 1 N–H and O–H groups in total. The molecule has 0 saturated heterocycles. The van der Waals surface area contributed by atoms with E-state index in [1.165, 1.54) is 11.6 Å². The fourth-order valence-corrected chi connectivity index (χ4v) is 3.99. The molecule has 2 heterocycles. The van der Waals surface area contributed by atoms with Crippen LogP contribution in [-0.2, 0) is 24.3 Å². The Morgan fingerprint density at radius 2 is 1.81 bits per heavy atom. The lowest BCUT2D eigenvalue weighted by Crippen LogP contribution is -2.38. The Hall–Kier alpha value is -2.94. The van der Waals surface area contributed by atoms with Crippen molar-refractivity contribution in [3.8, 4) is 0 Å². The number of carbonyl (C=O) groups is 1. The van der Waals surface area contributed by atoms with Crippen LogP contribution in [0.25, 0.3) is 11.0 Å². The molecule has 0 fully saturated rings. The van der Waals surface area contributed by atoms with Gasteiger partial charge in [0.05, 0.1) is 5.75 Å². The van der Waals surface area contributed by atoms with Crippen molar-refractivity contribution in [1.29, 1.82) is 0 Å². The molecule has 0 unspecified atom stereocenters. The van der Waals surface area contributed by atoms with E-state index in [9.17, 15) is 14.4 Å². The third kappa shape index (κ3) is 4.77. The minimum absolute atomic E-state index is 0.0631. The van der Waals surface area contributed by atoms with Gasteiger partial charge in [0.15, 0.2) is 5.65 Å². The van der Waals surface area contributed by atoms with E-state index >= 15 is 0 Å². The Morgan fingerprint density at radius 3 is 2.44 bits per heavy atom. The smallest absolute Gasteiger partial charge is 0.325 e. The van der Waals surface area contributed by atoms with Gasteiger partial charge < -0.3 is 5.32 Å². The number of thioether (sulfide) groups is 1. The molecule has 170 valence electrons. The van der Waals surface area contributed by atoms with Gasteiger partial charge in [0, 0.05) is 25.2 Å². The third-order valence-corrected chi connectivity index (χ3v) is 6.09. The third-order valence-electron chi connectivity index (χ3n) is 5.11. The maximum absolute atomic E-state index is 12.9. The van der Waals surface area contributed by atoms with E-state index in [1.807, 2.05) is 45.0 Å². The molecular weight excluding hydrogens is 426 g/mol. The van der Waals surface area contributed by atoms with Gasteiger partial charge in [0.1, 0.15) is 16.2 Å². The van der Waals surface area contributed by atoms with Crippen molar-refractivity contribution in [1.82, 2.24) is 19.1 Å². The van der Waals surface area contributed by atoms with Crippen molar-refractivity contribution >= 4 is 34.4 Å². The van der Waals surface area contributed by atoms with Crippen LogP contribution in [0.3, 0.4) is 0 Å². The zero-order valence-electron chi connectivity index (χ0n) is 19.5. The van der Waals surface area contributed by atoms with E-state index < -0.39 is 16.7 Å². The Kier molecular flexibility index (Phi) is 6.59. The second kappa shape index (κ2) is 8.90. The second-order valence-corrected chi connectivity index (χ2v) is 10.1. The zero-order chi connectivity index (χ0) is 23.8. The van der Waals surface area contributed by atoms with Gasteiger partial charge in [-0.3, -0.25) is 18.7 Å². The number of nitrogens with zero attached hydrogens (tertiary/aromatic N) is 4. The number of benzene rings is 1. The molecule has 1 amide bonds. The minimum Gasteiger partial charge on any atom is -0.325 e. The van der Waals surface area contributed by atoms with Gasteiger partial charge in [-0.05, 0) is 23.6 Å². The molecule has 8 nitrogen and oxygen atoms in total. The summed E-state index contributed by atoms with van der Waals surface area (Å²) in [7, 11) is 3.00. The van der Waals surface area contributed by atoms with Gasteiger partial charge in [0.25, 0.3) is 5.56 Å². The van der Waals surface area contributed by atoms with Crippen LogP contribution in [0.1, 0.15) is 51.9 Å². The Morgan fingerprint density at radius 1 is 1.12 bits per heavy atom. The average Bonchev–Trinajstić information content (AvgIpc) is 2.73. The van der Waals surface area contributed by atoms with Gasteiger partial charge in [-0.2, -0.15) is 0 Å². The normalized spacial score (nSPS) is 11.9. The fraction of sp³-hybridized carbons (Fsp3) is 0.435. The van der Waals surface area contributed by atoms with E-state index in [-0.39, 0.29) is 22.7 Å². The molecule has 2 aromatic heterocycles. The van der Waals surface area contributed by atoms with Crippen LogP contribution in [0.5, 0.6) is 0 Å². The van der Waals surface area contributed by atoms with Crippen LogP contribution in [-0.4, -0.2) is 30.8 Å². The first-order valence-corrected chi connectivity index (χ1v) is 11.4. The summed E-state index contributed by atoms with van der Waals surface area (Å²) in [6.45, 7) is 10.1. The molecule has 0 spiro atoms.